The average molecular weight is 235 g/mol. The Morgan fingerprint density at radius 1 is 1.41 bits per heavy atom. The predicted octanol–water partition coefficient (Wildman–Crippen LogP) is 2.76. The van der Waals surface area contributed by atoms with Crippen LogP contribution in [0.15, 0.2) is 30.4 Å². The highest BCUT2D eigenvalue weighted by Crippen LogP contribution is 2.24. The summed E-state index contributed by atoms with van der Waals surface area (Å²) in [5, 5.41) is 3.12. The molecule has 1 aromatic carbocycles. The molecule has 3 nitrogen and oxygen atoms in total. The van der Waals surface area contributed by atoms with Gasteiger partial charge in [-0.3, -0.25) is 0 Å². The lowest BCUT2D eigenvalue weighted by molar-refractivity contribution is 0.343. The highest BCUT2D eigenvalue weighted by atomic mass is 16.5. The second-order valence-electron chi connectivity index (χ2n) is 3.90. The van der Waals surface area contributed by atoms with E-state index in [1.54, 1.807) is 7.11 Å². The molecule has 0 aliphatic heterocycles. The molecule has 1 rings (SSSR count). The molecule has 0 aromatic heterocycles. The Hall–Kier alpha value is -1.48. The fourth-order valence-electron chi connectivity index (χ4n) is 1.43. The van der Waals surface area contributed by atoms with E-state index in [1.165, 1.54) is 0 Å². The lowest BCUT2D eigenvalue weighted by atomic mass is 10.2. The molecule has 1 N–H and O–H groups in total. The first-order chi connectivity index (χ1) is 8.21. The molecule has 17 heavy (non-hydrogen) atoms. The van der Waals surface area contributed by atoms with Gasteiger partial charge in [0.1, 0.15) is 18.1 Å². The smallest absolute Gasteiger partial charge is 0.124 e. The van der Waals surface area contributed by atoms with Crippen LogP contribution in [0.25, 0.3) is 0 Å². The van der Waals surface area contributed by atoms with Gasteiger partial charge in [0.25, 0.3) is 0 Å². The molecule has 0 aliphatic rings. The molecule has 0 spiro atoms. The normalized spacial score (nSPS) is 10.1. The van der Waals surface area contributed by atoms with E-state index in [-0.39, 0.29) is 0 Å². The molecule has 0 saturated heterocycles. The van der Waals surface area contributed by atoms with E-state index in [1.807, 2.05) is 25.2 Å². The van der Waals surface area contributed by atoms with Crippen molar-refractivity contribution < 1.29 is 9.47 Å². The fourth-order valence-corrected chi connectivity index (χ4v) is 1.43. The second-order valence-corrected chi connectivity index (χ2v) is 3.90. The molecular formula is C14H21NO2. The molecule has 0 heterocycles. The van der Waals surface area contributed by atoms with E-state index in [4.69, 9.17) is 9.47 Å². The maximum Gasteiger partial charge on any atom is 0.124 e. The van der Waals surface area contributed by atoms with Crippen molar-refractivity contribution in [1.82, 2.24) is 5.32 Å². The van der Waals surface area contributed by atoms with Crippen molar-refractivity contribution in [2.24, 2.45) is 0 Å². The standard InChI is InChI=1S/C14H21NO2/c1-5-11(2)10-17-14-7-6-13(16-4)8-12(14)9-15-3/h6-8,15H,2,5,9-10H2,1,3-4H3. The second kappa shape index (κ2) is 6.97. The summed E-state index contributed by atoms with van der Waals surface area (Å²) >= 11 is 0. The lowest BCUT2D eigenvalue weighted by Crippen LogP contribution is -2.09. The number of nitrogens with one attached hydrogen (secondary N) is 1. The molecule has 3 heteroatoms. The van der Waals surface area contributed by atoms with Gasteiger partial charge in [-0.15, -0.1) is 0 Å². The van der Waals surface area contributed by atoms with Gasteiger partial charge in [0.15, 0.2) is 0 Å². The molecule has 0 radical (unpaired) electrons. The Balaban J connectivity index is 2.78. The van der Waals surface area contributed by atoms with E-state index in [2.05, 4.69) is 18.8 Å². The molecule has 0 unspecified atom stereocenters. The van der Waals surface area contributed by atoms with Crippen LogP contribution >= 0.6 is 0 Å². The van der Waals surface area contributed by atoms with Crippen molar-refractivity contribution in [3.63, 3.8) is 0 Å². The van der Waals surface area contributed by atoms with Crippen molar-refractivity contribution in [3.8, 4) is 11.5 Å². The summed E-state index contributed by atoms with van der Waals surface area (Å²) in [5.74, 6) is 1.73. The number of hydrogen-bond donors (Lipinski definition) is 1. The van der Waals surface area contributed by atoms with Gasteiger partial charge >= 0.3 is 0 Å². The lowest BCUT2D eigenvalue weighted by Gasteiger charge is -2.13. The third-order valence-corrected chi connectivity index (χ3v) is 2.57. The van der Waals surface area contributed by atoms with Gasteiger partial charge in [-0.1, -0.05) is 13.5 Å². The molecular weight excluding hydrogens is 214 g/mol. The summed E-state index contributed by atoms with van der Waals surface area (Å²) in [5.41, 5.74) is 2.19. The Kier molecular flexibility index (Phi) is 5.57. The maximum absolute atomic E-state index is 5.75. The molecule has 0 saturated carbocycles. The summed E-state index contributed by atoms with van der Waals surface area (Å²) < 4.78 is 10.9. The number of benzene rings is 1. The topological polar surface area (TPSA) is 30.5 Å². The summed E-state index contributed by atoms with van der Waals surface area (Å²) in [6.07, 6.45) is 0.942. The minimum Gasteiger partial charge on any atom is -0.497 e. The van der Waals surface area contributed by atoms with Crippen LogP contribution in [-0.2, 0) is 6.54 Å². The van der Waals surface area contributed by atoms with Gasteiger partial charge in [0.05, 0.1) is 7.11 Å². The van der Waals surface area contributed by atoms with Crippen LogP contribution in [0.1, 0.15) is 18.9 Å². The number of hydrogen-bond acceptors (Lipinski definition) is 3. The van der Waals surface area contributed by atoms with Gasteiger partial charge in [0.2, 0.25) is 0 Å². The number of ether oxygens (including phenoxy) is 2. The molecule has 94 valence electrons. The minimum absolute atomic E-state index is 0.569. The molecule has 0 aliphatic carbocycles. The highest BCUT2D eigenvalue weighted by Gasteiger charge is 2.05. The van der Waals surface area contributed by atoms with Crippen LogP contribution in [0.3, 0.4) is 0 Å². The van der Waals surface area contributed by atoms with Gasteiger partial charge in [-0.2, -0.15) is 0 Å². The molecule has 0 bridgehead atoms. The maximum atomic E-state index is 5.75. The van der Waals surface area contributed by atoms with E-state index in [0.717, 1.165) is 35.6 Å². The highest BCUT2D eigenvalue weighted by molar-refractivity contribution is 5.40. The SMILES string of the molecule is C=C(CC)COc1ccc(OC)cc1CNC. The monoisotopic (exact) mass is 235 g/mol. The summed E-state index contributed by atoms with van der Waals surface area (Å²) in [6, 6.07) is 5.83. The van der Waals surface area contributed by atoms with E-state index in [0.29, 0.717) is 6.61 Å². The van der Waals surface area contributed by atoms with Crippen LogP contribution in [0.5, 0.6) is 11.5 Å². The third-order valence-electron chi connectivity index (χ3n) is 2.57. The Bertz CT molecular complexity index is 374. The minimum atomic E-state index is 0.569. The average Bonchev–Trinajstić information content (AvgIpc) is 2.37. The fraction of sp³-hybridized carbons (Fsp3) is 0.429. The number of methoxy groups -OCH3 is 1. The zero-order valence-corrected chi connectivity index (χ0v) is 10.9. The molecule has 1 aromatic rings. The van der Waals surface area contributed by atoms with Crippen molar-refractivity contribution in [3.05, 3.63) is 35.9 Å². The van der Waals surface area contributed by atoms with Gasteiger partial charge in [-0.25, -0.2) is 0 Å². The molecule has 0 amide bonds. The van der Waals surface area contributed by atoms with Crippen LogP contribution in [-0.4, -0.2) is 20.8 Å². The van der Waals surface area contributed by atoms with Gasteiger partial charge in [0, 0.05) is 12.1 Å². The van der Waals surface area contributed by atoms with Gasteiger partial charge in [-0.05, 0) is 37.2 Å². The zero-order valence-electron chi connectivity index (χ0n) is 10.9. The zero-order chi connectivity index (χ0) is 12.7. The van der Waals surface area contributed by atoms with Crippen LogP contribution in [0, 0.1) is 0 Å². The number of rotatable bonds is 7. The van der Waals surface area contributed by atoms with E-state index >= 15 is 0 Å². The van der Waals surface area contributed by atoms with Crippen molar-refractivity contribution in [2.45, 2.75) is 19.9 Å². The van der Waals surface area contributed by atoms with Crippen molar-refractivity contribution in [2.75, 3.05) is 20.8 Å². The molecule has 0 atom stereocenters. The van der Waals surface area contributed by atoms with E-state index in [9.17, 15) is 0 Å². The largest absolute Gasteiger partial charge is 0.497 e. The first-order valence-electron chi connectivity index (χ1n) is 5.82. The summed E-state index contributed by atoms with van der Waals surface area (Å²) in [6.45, 7) is 7.33. The molecule has 0 fully saturated rings. The Labute approximate surface area is 103 Å². The van der Waals surface area contributed by atoms with Crippen molar-refractivity contribution >= 4 is 0 Å². The first kappa shape index (κ1) is 13.6. The summed E-state index contributed by atoms with van der Waals surface area (Å²) in [7, 11) is 3.58. The Morgan fingerprint density at radius 3 is 2.76 bits per heavy atom. The third kappa shape index (κ3) is 4.11. The predicted molar refractivity (Wildman–Crippen MR) is 70.7 cm³/mol. The van der Waals surface area contributed by atoms with E-state index < -0.39 is 0 Å². The summed E-state index contributed by atoms with van der Waals surface area (Å²) in [4.78, 5) is 0. The first-order valence-corrected chi connectivity index (χ1v) is 5.82. The van der Waals surface area contributed by atoms with Crippen LogP contribution in [0.2, 0.25) is 0 Å². The quantitative estimate of drug-likeness (QED) is 0.737. The van der Waals surface area contributed by atoms with Crippen LogP contribution < -0.4 is 14.8 Å². The Morgan fingerprint density at radius 2 is 2.18 bits per heavy atom. The van der Waals surface area contributed by atoms with Crippen molar-refractivity contribution in [1.29, 1.82) is 0 Å². The van der Waals surface area contributed by atoms with Crippen LogP contribution in [0.4, 0.5) is 0 Å². The van der Waals surface area contributed by atoms with Gasteiger partial charge < -0.3 is 14.8 Å².